The molecule has 9 nitrogen and oxygen atoms in total. The summed E-state index contributed by atoms with van der Waals surface area (Å²) in [5.74, 6) is 0. The molecule has 31 aromatic rings. The standard InChI is InChI=1S/C48H31N3.2C44H29N3/c1-48(2)37-17-7-5-16-33(37)45-43-29(13-11-18-38(43)48)26-35-32-15-6-9-20-40(32)50(46(35)45)30-23-25-41-36(27-30)44-31-14-4-3-12-28(31)22-24-34(44)47-49-39-19-8-10-21-42(39)51(41)47;1-44(2)34-16-6-3-15-31(34)41-40-26(12-11-17-35(40)44)24-32-30-14-5-8-19-37(30)46(42(32)41)27-22-23-28-29-13-4-9-20-38(29)47-39-21-10-7-18-36(39)45-43(47)33(28)25-27;1-44(2)34-17-7-5-16-31(34)41-40-26(12-11-18-35(40)44)24-33-29-14-6-9-20-37(29)46(42(33)41)27-22-23-38-32(25-27)28-13-3-4-15-30(28)43-45-36-19-8-10-21-39(36)47(38)43/h3-27H,1-2H3;2*3-25H,1-2H3. The van der Waals surface area contributed by atoms with E-state index in [0.29, 0.717) is 0 Å². The Labute approximate surface area is 831 Å². The largest absolute Gasteiger partial charge is 0.309 e. The third-order valence-corrected chi connectivity index (χ3v) is 33.5. The SMILES string of the molecule is CC1(C)c2ccccc2-c2c3c1cccc3cc1c3ccccc3n(-c3ccc4c(c3)c3c5ccccc5ccc3c3nc5ccccc5n43)c21.CC1(C)c2ccccc2-c2c3c1cccc3cc1c3ccccc3n(-c3ccc4c(c3)c3ccccc3c3nc5ccccc5n43)c21.CC1(C)c2ccccc2-c2c3c1cccc3cc1c3ccccc3n(-c3ccc4c5ccccc5n5c6ccccc6nc5c4c3)c21. The van der Waals surface area contributed by atoms with Gasteiger partial charge in [0.05, 0.1) is 82.8 Å². The third-order valence-electron chi connectivity index (χ3n) is 33.5. The number of hydrogen-bond acceptors (Lipinski definition) is 3. The first-order chi connectivity index (χ1) is 71.3. The van der Waals surface area contributed by atoms with Crippen LogP contribution >= 0.6 is 0 Å². The number of imidazole rings is 3. The molecule has 0 fully saturated rings. The monoisotopic (exact) mass is 1850 g/mol. The highest BCUT2D eigenvalue weighted by Gasteiger charge is 2.40. The van der Waals surface area contributed by atoms with E-state index in [1.165, 1.54) is 218 Å². The average Bonchev–Trinajstić information content (AvgIpc) is 1.64. The Hall–Kier alpha value is -18.3. The van der Waals surface area contributed by atoms with Crippen molar-refractivity contribution in [1.82, 2.24) is 41.9 Å². The van der Waals surface area contributed by atoms with Crippen molar-refractivity contribution in [2.24, 2.45) is 0 Å². The van der Waals surface area contributed by atoms with Gasteiger partial charge in [-0.1, -0.05) is 339 Å². The molecule has 0 spiro atoms. The number of para-hydroxylation sites is 10. The topological polar surface area (TPSA) is 66.7 Å². The number of benzene rings is 22. The first kappa shape index (κ1) is 80.5. The first-order valence-corrected chi connectivity index (χ1v) is 50.6. The van der Waals surface area contributed by atoms with Crippen LogP contribution in [0.15, 0.2) is 431 Å². The lowest BCUT2D eigenvalue weighted by Gasteiger charge is -2.35. The van der Waals surface area contributed by atoms with Gasteiger partial charge in [-0.25, -0.2) is 15.0 Å². The van der Waals surface area contributed by atoms with E-state index >= 15 is 0 Å². The van der Waals surface area contributed by atoms with Crippen molar-refractivity contribution in [2.75, 3.05) is 0 Å². The zero-order valence-corrected chi connectivity index (χ0v) is 80.5. The van der Waals surface area contributed by atoms with Crippen LogP contribution in [0.1, 0.15) is 74.9 Å². The van der Waals surface area contributed by atoms with Crippen LogP contribution < -0.4 is 0 Å². The smallest absolute Gasteiger partial charge is 0.146 e. The van der Waals surface area contributed by atoms with Gasteiger partial charge in [0.2, 0.25) is 0 Å². The quantitative estimate of drug-likeness (QED) is 0.166. The molecule has 0 radical (unpaired) electrons. The highest BCUT2D eigenvalue weighted by atomic mass is 15.1. The third kappa shape index (κ3) is 10.7. The minimum Gasteiger partial charge on any atom is -0.309 e. The van der Waals surface area contributed by atoms with E-state index in [4.69, 9.17) is 15.0 Å². The molecule has 145 heavy (non-hydrogen) atoms. The summed E-state index contributed by atoms with van der Waals surface area (Å²) in [5, 5.41) is 29.0. The number of hydrogen-bond donors (Lipinski definition) is 0. The van der Waals surface area contributed by atoms with Crippen molar-refractivity contribution < 1.29 is 0 Å². The molecule has 0 amide bonds. The van der Waals surface area contributed by atoms with Gasteiger partial charge in [0, 0.05) is 120 Å². The highest BCUT2D eigenvalue weighted by molar-refractivity contribution is 6.30. The summed E-state index contributed by atoms with van der Waals surface area (Å²) >= 11 is 0. The molecule has 9 aromatic heterocycles. The minimum absolute atomic E-state index is 0.103. The number of pyridine rings is 3. The predicted molar refractivity (Wildman–Crippen MR) is 609 cm³/mol. The Morgan fingerprint density at radius 1 is 0.172 bits per heavy atom. The maximum atomic E-state index is 5.24. The van der Waals surface area contributed by atoms with Crippen molar-refractivity contribution >= 4 is 224 Å². The van der Waals surface area contributed by atoms with Crippen LogP contribution in [-0.2, 0) is 16.2 Å². The van der Waals surface area contributed by atoms with Crippen molar-refractivity contribution in [2.45, 2.75) is 57.8 Å². The van der Waals surface area contributed by atoms with Gasteiger partial charge in [-0.15, -0.1) is 0 Å². The van der Waals surface area contributed by atoms with Gasteiger partial charge in [0.15, 0.2) is 0 Å². The van der Waals surface area contributed by atoms with Crippen molar-refractivity contribution in [1.29, 1.82) is 0 Å². The molecule has 3 aliphatic carbocycles. The summed E-state index contributed by atoms with van der Waals surface area (Å²) in [7, 11) is 0. The fourth-order valence-corrected chi connectivity index (χ4v) is 27.2. The lowest BCUT2D eigenvalue weighted by molar-refractivity contribution is 0.645. The summed E-state index contributed by atoms with van der Waals surface area (Å²) in [6.07, 6.45) is 0. The lowest BCUT2D eigenvalue weighted by atomic mass is 9.68. The Morgan fingerprint density at radius 2 is 0.462 bits per heavy atom. The summed E-state index contributed by atoms with van der Waals surface area (Å²) in [6.45, 7) is 14.2. The molecule has 9 heteroatoms. The van der Waals surface area contributed by atoms with Crippen LogP contribution in [0.2, 0.25) is 0 Å². The average molecular weight is 1850 g/mol. The molecule has 9 heterocycles. The van der Waals surface area contributed by atoms with Crippen molar-refractivity contribution in [3.63, 3.8) is 0 Å². The van der Waals surface area contributed by atoms with E-state index in [0.717, 1.165) is 88.9 Å². The Balaban J connectivity index is 0.0000000972. The molecule has 0 saturated heterocycles. The normalized spacial score (nSPS) is 13.9. The molecule has 0 atom stereocenters. The molecule has 0 unspecified atom stereocenters. The zero-order valence-electron chi connectivity index (χ0n) is 80.5. The number of aromatic nitrogens is 9. The van der Waals surface area contributed by atoms with Crippen molar-refractivity contribution in [3.05, 3.63) is 464 Å². The van der Waals surface area contributed by atoms with E-state index in [9.17, 15) is 0 Å². The minimum atomic E-state index is -0.116. The molecule has 0 aliphatic heterocycles. The highest BCUT2D eigenvalue weighted by Crippen LogP contribution is 2.59. The Kier molecular flexibility index (Phi) is 16.1. The van der Waals surface area contributed by atoms with Crippen LogP contribution in [0.5, 0.6) is 0 Å². The molecule has 0 bridgehead atoms. The molecular formula is C136H89N9. The lowest BCUT2D eigenvalue weighted by Crippen LogP contribution is -2.23. The van der Waals surface area contributed by atoms with E-state index < -0.39 is 0 Å². The van der Waals surface area contributed by atoms with E-state index in [1.807, 2.05) is 0 Å². The predicted octanol–water partition coefficient (Wildman–Crippen LogP) is 35.2. The van der Waals surface area contributed by atoms with Gasteiger partial charge in [-0.2, -0.15) is 0 Å². The van der Waals surface area contributed by atoms with Gasteiger partial charge in [0.1, 0.15) is 16.9 Å². The van der Waals surface area contributed by atoms with Crippen LogP contribution in [0.4, 0.5) is 0 Å². The Bertz CT molecular complexity index is 11300. The summed E-state index contributed by atoms with van der Waals surface area (Å²) in [4.78, 5) is 15.6. The van der Waals surface area contributed by atoms with Crippen LogP contribution in [-0.4, -0.2) is 41.9 Å². The van der Waals surface area contributed by atoms with Crippen LogP contribution in [0.3, 0.4) is 0 Å². The zero-order chi connectivity index (χ0) is 95.6. The van der Waals surface area contributed by atoms with Gasteiger partial charge in [0.25, 0.3) is 0 Å². The second kappa shape index (κ2) is 29.0. The summed E-state index contributed by atoms with van der Waals surface area (Å²) in [5.41, 5.74) is 39.7. The second-order valence-electron chi connectivity index (χ2n) is 41.9. The number of rotatable bonds is 3. The molecule has 3 aliphatic rings. The Morgan fingerprint density at radius 3 is 0.903 bits per heavy atom. The van der Waals surface area contributed by atoms with Gasteiger partial charge in [-0.05, 0) is 237 Å². The first-order valence-electron chi connectivity index (χ1n) is 50.6. The second-order valence-corrected chi connectivity index (χ2v) is 41.9. The van der Waals surface area contributed by atoms with Crippen molar-refractivity contribution in [3.8, 4) is 50.4 Å². The molecule has 22 aromatic carbocycles. The molecular weight excluding hydrogens is 1760 g/mol. The van der Waals surface area contributed by atoms with E-state index in [2.05, 4.69) is 499 Å². The number of nitrogens with zero attached hydrogens (tertiary/aromatic N) is 9. The van der Waals surface area contributed by atoms with Crippen LogP contribution in [0, 0.1) is 0 Å². The maximum absolute atomic E-state index is 5.24. The molecule has 34 rings (SSSR count). The molecule has 678 valence electrons. The van der Waals surface area contributed by atoms with E-state index in [1.54, 1.807) is 0 Å². The van der Waals surface area contributed by atoms with E-state index in [-0.39, 0.29) is 16.2 Å². The van der Waals surface area contributed by atoms with Crippen LogP contribution in [0.25, 0.3) is 274 Å². The molecule has 0 N–H and O–H groups in total. The summed E-state index contributed by atoms with van der Waals surface area (Å²) < 4.78 is 14.6. The van der Waals surface area contributed by atoms with Gasteiger partial charge >= 0.3 is 0 Å². The molecule has 0 saturated carbocycles. The summed E-state index contributed by atoms with van der Waals surface area (Å²) in [6, 6.07) is 159. The number of fused-ring (bicyclic) bond motifs is 44. The fraction of sp³-hybridized carbons (Fsp3) is 0.0662. The van der Waals surface area contributed by atoms with Gasteiger partial charge < -0.3 is 13.7 Å². The maximum Gasteiger partial charge on any atom is 0.146 e. The fourth-order valence-electron chi connectivity index (χ4n) is 27.2. The van der Waals surface area contributed by atoms with Gasteiger partial charge in [-0.3, -0.25) is 13.2 Å².